The highest BCUT2D eigenvalue weighted by Crippen LogP contribution is 1.74. The van der Waals surface area contributed by atoms with Gasteiger partial charge in [-0.1, -0.05) is 0 Å². The summed E-state index contributed by atoms with van der Waals surface area (Å²) >= 11 is 5.27. The number of amidine groups is 1. The summed E-state index contributed by atoms with van der Waals surface area (Å²) in [5.41, 5.74) is 5.20. The molecule has 0 aromatic rings. The van der Waals surface area contributed by atoms with Gasteiger partial charge in [-0.3, -0.25) is 4.99 Å². The molecule has 2 N–H and O–H groups in total. The molecule has 0 heterocycles. The normalized spacial score (nSPS) is 10.5. The van der Waals surface area contributed by atoms with Crippen LogP contribution in [0.5, 0.6) is 0 Å². The van der Waals surface area contributed by atoms with Crippen molar-refractivity contribution in [2.24, 2.45) is 10.7 Å². The first kappa shape index (κ1) is 10.9. The largest absolute Gasteiger partial charge is 0.386 e. The summed E-state index contributed by atoms with van der Waals surface area (Å²) in [5.74, 6) is 0.859. The van der Waals surface area contributed by atoms with E-state index in [1.165, 1.54) is 0 Å². The average molecular weight is 157 g/mol. The maximum absolute atomic E-state index is 5.27. The van der Waals surface area contributed by atoms with Gasteiger partial charge in [-0.05, 0) is 6.92 Å². The number of aliphatic imine (C=N–C) groups is 1. The molecule has 0 rings (SSSR count). The first-order chi connectivity index (χ1) is 3.31. The monoisotopic (exact) mass is 156 g/mol. The Labute approximate surface area is 60.5 Å². The first-order valence-electron chi connectivity index (χ1n) is 2.16. The Balaban J connectivity index is 0. The van der Waals surface area contributed by atoms with Crippen molar-refractivity contribution in [2.75, 3.05) is 12.4 Å². The Kier molecular flexibility index (Phi) is 9.63. The zero-order chi connectivity index (χ0) is 5.70. The van der Waals surface area contributed by atoms with Gasteiger partial charge in [0.05, 0.1) is 5.88 Å². The summed E-state index contributed by atoms with van der Waals surface area (Å²) in [6.07, 6.45) is 0. The van der Waals surface area contributed by atoms with Crippen molar-refractivity contribution in [1.29, 1.82) is 0 Å². The second-order valence-corrected chi connectivity index (χ2v) is 1.37. The topological polar surface area (TPSA) is 38.4 Å². The van der Waals surface area contributed by atoms with Gasteiger partial charge in [-0.25, -0.2) is 0 Å². The number of rotatable bonds is 2. The number of nitrogens with two attached hydrogens (primary N) is 1. The van der Waals surface area contributed by atoms with Crippen LogP contribution in [-0.2, 0) is 0 Å². The molecule has 0 aromatic carbocycles. The van der Waals surface area contributed by atoms with Crippen molar-refractivity contribution in [3.63, 3.8) is 0 Å². The molecule has 0 radical (unpaired) electrons. The number of hydrogen-bond acceptors (Lipinski definition) is 1. The summed E-state index contributed by atoms with van der Waals surface area (Å²) < 4.78 is 0. The van der Waals surface area contributed by atoms with Crippen LogP contribution in [0.15, 0.2) is 4.99 Å². The average Bonchev–Trinajstić information content (AvgIpc) is 1.68. The maximum Gasteiger partial charge on any atom is 0.109 e. The molecule has 0 aliphatic carbocycles. The molecule has 2 nitrogen and oxygen atoms in total. The van der Waals surface area contributed by atoms with Gasteiger partial charge in [0.2, 0.25) is 0 Å². The molecule has 50 valence electrons. The minimum Gasteiger partial charge on any atom is -0.386 e. The van der Waals surface area contributed by atoms with Gasteiger partial charge < -0.3 is 5.73 Å². The summed E-state index contributed by atoms with van der Waals surface area (Å²) in [5, 5.41) is 0. The van der Waals surface area contributed by atoms with Crippen LogP contribution in [0.2, 0.25) is 0 Å². The van der Waals surface area contributed by atoms with E-state index in [1.807, 2.05) is 6.92 Å². The number of nitrogens with zero attached hydrogens (tertiary/aromatic N) is 1. The third-order valence-corrected chi connectivity index (χ3v) is 0.772. The molecule has 0 aromatic heterocycles. The molecule has 0 aliphatic rings. The quantitative estimate of drug-likeness (QED) is 0.362. The molecular formula is C4H10Cl2N2. The third-order valence-electron chi connectivity index (χ3n) is 0.498. The predicted molar refractivity (Wildman–Crippen MR) is 40.1 cm³/mol. The summed E-state index contributed by atoms with van der Waals surface area (Å²) in [7, 11) is 0. The lowest BCUT2D eigenvalue weighted by atomic mass is 10.7. The molecule has 4 heteroatoms. The van der Waals surface area contributed by atoms with Gasteiger partial charge in [0.1, 0.15) is 5.84 Å². The fourth-order valence-corrected chi connectivity index (χ4v) is 0.330. The van der Waals surface area contributed by atoms with Crippen LogP contribution in [-0.4, -0.2) is 18.3 Å². The molecule has 0 fully saturated rings. The second-order valence-electron chi connectivity index (χ2n) is 1.10. The van der Waals surface area contributed by atoms with Gasteiger partial charge in [0, 0.05) is 6.54 Å². The van der Waals surface area contributed by atoms with E-state index in [9.17, 15) is 0 Å². The molecule has 0 amide bonds. The van der Waals surface area contributed by atoms with Gasteiger partial charge in [-0.2, -0.15) is 0 Å². The van der Waals surface area contributed by atoms with Crippen molar-refractivity contribution >= 4 is 29.8 Å². The van der Waals surface area contributed by atoms with E-state index in [4.69, 9.17) is 17.3 Å². The number of halogens is 2. The van der Waals surface area contributed by atoms with Crippen molar-refractivity contribution < 1.29 is 0 Å². The highest BCUT2D eigenvalue weighted by Gasteiger charge is 1.80. The van der Waals surface area contributed by atoms with E-state index in [0.29, 0.717) is 11.7 Å². The van der Waals surface area contributed by atoms with E-state index in [0.717, 1.165) is 6.54 Å². The van der Waals surface area contributed by atoms with Crippen LogP contribution < -0.4 is 5.73 Å². The van der Waals surface area contributed by atoms with Crippen molar-refractivity contribution in [3.05, 3.63) is 0 Å². The highest BCUT2D eigenvalue weighted by molar-refractivity contribution is 6.27. The molecule has 0 spiro atoms. The number of hydrogen-bond donors (Lipinski definition) is 1. The van der Waals surface area contributed by atoms with Crippen molar-refractivity contribution in [1.82, 2.24) is 0 Å². The van der Waals surface area contributed by atoms with Crippen molar-refractivity contribution in [2.45, 2.75) is 6.92 Å². The predicted octanol–water partition coefficient (Wildman–Crippen LogP) is 1.02. The zero-order valence-electron chi connectivity index (χ0n) is 4.72. The zero-order valence-corrected chi connectivity index (χ0v) is 6.30. The van der Waals surface area contributed by atoms with E-state index in [-0.39, 0.29) is 12.4 Å². The standard InChI is InChI=1S/C4H9ClN2.ClH/c1-2-7-4(6)3-5;/h2-3H2,1H3,(H2,6,7);1H. The summed E-state index contributed by atoms with van der Waals surface area (Å²) in [6.45, 7) is 2.64. The van der Waals surface area contributed by atoms with Crippen LogP contribution in [0.4, 0.5) is 0 Å². The Bertz CT molecular complexity index is 72.4. The molecule has 0 bridgehead atoms. The lowest BCUT2D eigenvalue weighted by Crippen LogP contribution is -2.12. The van der Waals surface area contributed by atoms with Crippen LogP contribution in [0.1, 0.15) is 6.92 Å². The SMILES string of the molecule is CCN=C(N)CCl.Cl. The van der Waals surface area contributed by atoms with Crippen molar-refractivity contribution in [3.8, 4) is 0 Å². The Morgan fingerprint density at radius 2 is 2.25 bits per heavy atom. The minimum absolute atomic E-state index is 0. The fourth-order valence-electron chi connectivity index (χ4n) is 0.245. The molecule has 0 saturated heterocycles. The summed E-state index contributed by atoms with van der Waals surface area (Å²) in [6, 6.07) is 0. The molecule has 0 aliphatic heterocycles. The molecular weight excluding hydrogens is 147 g/mol. The van der Waals surface area contributed by atoms with E-state index < -0.39 is 0 Å². The van der Waals surface area contributed by atoms with Crippen LogP contribution in [0, 0.1) is 0 Å². The Morgan fingerprint density at radius 3 is 2.38 bits per heavy atom. The van der Waals surface area contributed by atoms with Gasteiger partial charge in [0.25, 0.3) is 0 Å². The van der Waals surface area contributed by atoms with Crippen LogP contribution in [0.25, 0.3) is 0 Å². The Hall–Kier alpha value is 0.0500. The lowest BCUT2D eigenvalue weighted by Gasteiger charge is -1.87. The van der Waals surface area contributed by atoms with Gasteiger partial charge in [0.15, 0.2) is 0 Å². The smallest absolute Gasteiger partial charge is 0.109 e. The molecule has 0 atom stereocenters. The highest BCUT2D eigenvalue weighted by atomic mass is 35.5. The fraction of sp³-hybridized carbons (Fsp3) is 0.750. The van der Waals surface area contributed by atoms with E-state index in [1.54, 1.807) is 0 Å². The van der Waals surface area contributed by atoms with Gasteiger partial charge in [-0.15, -0.1) is 24.0 Å². The van der Waals surface area contributed by atoms with Crippen LogP contribution >= 0.6 is 24.0 Å². The Morgan fingerprint density at radius 1 is 1.75 bits per heavy atom. The first-order valence-corrected chi connectivity index (χ1v) is 2.69. The van der Waals surface area contributed by atoms with E-state index >= 15 is 0 Å². The molecule has 8 heavy (non-hydrogen) atoms. The summed E-state index contributed by atoms with van der Waals surface area (Å²) in [4.78, 5) is 3.81. The number of alkyl halides is 1. The van der Waals surface area contributed by atoms with Gasteiger partial charge >= 0.3 is 0 Å². The molecule has 0 unspecified atom stereocenters. The van der Waals surface area contributed by atoms with Crippen LogP contribution in [0.3, 0.4) is 0 Å². The minimum atomic E-state index is 0. The third kappa shape index (κ3) is 6.05. The molecule has 0 saturated carbocycles. The maximum atomic E-state index is 5.27. The van der Waals surface area contributed by atoms with E-state index in [2.05, 4.69) is 4.99 Å². The lowest BCUT2D eigenvalue weighted by molar-refractivity contribution is 1.12. The second kappa shape index (κ2) is 7.05.